The average molecular weight is 425 g/mol. The van der Waals surface area contributed by atoms with Crippen molar-refractivity contribution in [3.05, 3.63) is 54.7 Å². The van der Waals surface area contributed by atoms with E-state index in [1.165, 1.54) is 0 Å². The number of amides is 2. The van der Waals surface area contributed by atoms with Gasteiger partial charge in [-0.15, -0.1) is 5.10 Å². The number of nitrogens with one attached hydrogen (secondary N) is 4. The summed E-state index contributed by atoms with van der Waals surface area (Å²) in [5.41, 5.74) is 5.85. The Hall–Kier alpha value is -3.43. The van der Waals surface area contributed by atoms with Crippen LogP contribution in [-0.2, 0) is 0 Å². The van der Waals surface area contributed by atoms with Crippen molar-refractivity contribution in [3.63, 3.8) is 0 Å². The normalized spacial score (nSPS) is 12.3. The Balaban J connectivity index is 1.45. The number of aliphatic hydroxyl groups is 1. The van der Waals surface area contributed by atoms with E-state index in [-0.39, 0.29) is 12.1 Å². The molecule has 1 aromatic heterocycles. The van der Waals surface area contributed by atoms with Crippen molar-refractivity contribution >= 4 is 28.3 Å². The van der Waals surface area contributed by atoms with Gasteiger partial charge in [-0.05, 0) is 45.0 Å². The standard InChI is InChI=1S/C22H28N6O3/c1-22(2,3)23-13-17(29)14-31-18-10-8-16(9-11-18)25-21(30)28-27-20-19-7-5-4-6-15(19)12-24-26-20/h4-12,17,23,29H,13-14H2,1-3H3,(H,26,27)(H2,25,28,30). The number of aromatic nitrogens is 2. The molecular weight excluding hydrogens is 396 g/mol. The van der Waals surface area contributed by atoms with Gasteiger partial charge < -0.3 is 20.5 Å². The van der Waals surface area contributed by atoms with Gasteiger partial charge in [0.05, 0.1) is 6.20 Å². The predicted octanol–water partition coefficient (Wildman–Crippen LogP) is 2.91. The predicted molar refractivity (Wildman–Crippen MR) is 121 cm³/mol. The van der Waals surface area contributed by atoms with E-state index in [1.807, 2.05) is 45.0 Å². The van der Waals surface area contributed by atoms with Crippen LogP contribution in [0.2, 0.25) is 0 Å². The second-order valence-corrected chi connectivity index (χ2v) is 8.10. The lowest BCUT2D eigenvalue weighted by molar-refractivity contribution is 0.100. The topological polar surface area (TPSA) is 120 Å². The molecule has 1 atom stereocenters. The molecule has 0 saturated carbocycles. The minimum Gasteiger partial charge on any atom is -0.491 e. The zero-order valence-corrected chi connectivity index (χ0v) is 17.8. The summed E-state index contributed by atoms with van der Waals surface area (Å²) in [6.45, 7) is 6.72. The molecule has 1 heterocycles. The lowest BCUT2D eigenvalue weighted by atomic mass is 10.1. The van der Waals surface area contributed by atoms with E-state index in [4.69, 9.17) is 4.74 Å². The van der Waals surface area contributed by atoms with Gasteiger partial charge in [-0.25, -0.2) is 10.2 Å². The van der Waals surface area contributed by atoms with E-state index < -0.39 is 12.1 Å². The van der Waals surface area contributed by atoms with Crippen molar-refractivity contribution in [3.8, 4) is 5.75 Å². The molecular formula is C22H28N6O3. The number of ether oxygens (including phenoxy) is 1. The van der Waals surface area contributed by atoms with E-state index in [1.54, 1.807) is 30.5 Å². The number of fused-ring (bicyclic) bond motifs is 1. The molecule has 9 heteroatoms. The number of hydrogen-bond donors (Lipinski definition) is 5. The van der Waals surface area contributed by atoms with Gasteiger partial charge in [0.25, 0.3) is 0 Å². The lowest BCUT2D eigenvalue weighted by Gasteiger charge is -2.23. The van der Waals surface area contributed by atoms with E-state index in [0.717, 1.165) is 10.8 Å². The number of hydrazine groups is 1. The van der Waals surface area contributed by atoms with Crippen molar-refractivity contribution in [2.45, 2.75) is 32.4 Å². The van der Waals surface area contributed by atoms with Gasteiger partial charge in [-0.2, -0.15) is 5.10 Å². The summed E-state index contributed by atoms with van der Waals surface area (Å²) in [6.07, 6.45) is 1.04. The third-order valence-corrected chi connectivity index (χ3v) is 4.29. The minimum absolute atomic E-state index is 0.0656. The van der Waals surface area contributed by atoms with Crippen molar-refractivity contribution in [2.75, 3.05) is 23.9 Å². The third kappa shape index (κ3) is 7.09. The summed E-state index contributed by atoms with van der Waals surface area (Å²) in [5.74, 6) is 1.06. The Kier molecular flexibility index (Phi) is 7.22. The van der Waals surface area contributed by atoms with Crippen LogP contribution in [-0.4, -0.2) is 46.1 Å². The summed E-state index contributed by atoms with van der Waals surface area (Å²) in [6, 6.07) is 14.0. The molecule has 164 valence electrons. The molecule has 2 amide bonds. The average Bonchev–Trinajstić information content (AvgIpc) is 2.75. The molecule has 0 spiro atoms. The fourth-order valence-corrected chi connectivity index (χ4v) is 2.71. The number of hydrogen-bond acceptors (Lipinski definition) is 7. The summed E-state index contributed by atoms with van der Waals surface area (Å²) in [5, 5.41) is 25.6. The zero-order valence-electron chi connectivity index (χ0n) is 17.8. The van der Waals surface area contributed by atoms with Crippen molar-refractivity contribution in [1.29, 1.82) is 0 Å². The fraction of sp³-hybridized carbons (Fsp3) is 0.318. The zero-order chi connectivity index (χ0) is 22.3. The molecule has 2 aromatic carbocycles. The van der Waals surface area contributed by atoms with E-state index in [9.17, 15) is 9.90 Å². The Labute approximate surface area is 181 Å². The molecule has 0 fully saturated rings. The van der Waals surface area contributed by atoms with Crippen LogP contribution in [0, 0.1) is 0 Å². The number of benzene rings is 2. The van der Waals surface area contributed by atoms with Crippen molar-refractivity contribution in [1.82, 2.24) is 20.9 Å². The molecule has 0 saturated heterocycles. The number of anilines is 2. The minimum atomic E-state index is -0.619. The van der Waals surface area contributed by atoms with Crippen LogP contribution in [0.3, 0.4) is 0 Å². The van der Waals surface area contributed by atoms with Crippen molar-refractivity contribution < 1.29 is 14.6 Å². The molecule has 3 aromatic rings. The molecule has 3 rings (SSSR count). The smallest absolute Gasteiger partial charge is 0.337 e. The summed E-state index contributed by atoms with van der Waals surface area (Å²) >= 11 is 0. The highest BCUT2D eigenvalue weighted by molar-refractivity contribution is 5.93. The number of urea groups is 1. The SMILES string of the molecule is CC(C)(C)NCC(O)COc1ccc(NC(=O)NNc2nncc3ccccc23)cc1. The first kappa shape index (κ1) is 22.3. The maximum Gasteiger partial charge on any atom is 0.337 e. The molecule has 1 unspecified atom stereocenters. The van der Waals surface area contributed by atoms with Gasteiger partial charge in [0.15, 0.2) is 5.82 Å². The molecule has 0 aliphatic carbocycles. The Morgan fingerprint density at radius 2 is 1.87 bits per heavy atom. The Morgan fingerprint density at radius 3 is 2.61 bits per heavy atom. The Bertz CT molecular complexity index is 999. The second-order valence-electron chi connectivity index (χ2n) is 8.10. The maximum absolute atomic E-state index is 12.2. The van der Waals surface area contributed by atoms with Crippen LogP contribution in [0.4, 0.5) is 16.3 Å². The molecule has 5 N–H and O–H groups in total. The lowest BCUT2D eigenvalue weighted by Crippen LogP contribution is -2.42. The van der Waals surface area contributed by atoms with Gasteiger partial charge in [-0.3, -0.25) is 5.43 Å². The second kappa shape index (κ2) is 10.1. The van der Waals surface area contributed by atoms with Crippen LogP contribution in [0.15, 0.2) is 54.7 Å². The highest BCUT2D eigenvalue weighted by Crippen LogP contribution is 2.19. The number of carbonyl (C=O) groups is 1. The summed E-state index contributed by atoms with van der Waals surface area (Å²) in [7, 11) is 0. The number of rotatable bonds is 8. The Morgan fingerprint density at radius 1 is 1.13 bits per heavy atom. The monoisotopic (exact) mass is 424 g/mol. The summed E-state index contributed by atoms with van der Waals surface area (Å²) in [4.78, 5) is 12.2. The quantitative estimate of drug-likeness (QED) is 0.353. The highest BCUT2D eigenvalue weighted by atomic mass is 16.5. The molecule has 31 heavy (non-hydrogen) atoms. The molecule has 0 radical (unpaired) electrons. The van der Waals surface area contributed by atoms with Gasteiger partial charge >= 0.3 is 6.03 Å². The first-order chi connectivity index (χ1) is 14.8. The van der Waals surface area contributed by atoms with E-state index in [2.05, 4.69) is 31.7 Å². The fourth-order valence-electron chi connectivity index (χ4n) is 2.71. The number of carbonyl (C=O) groups excluding carboxylic acids is 1. The van der Waals surface area contributed by atoms with Crippen LogP contribution >= 0.6 is 0 Å². The van der Waals surface area contributed by atoms with Crippen LogP contribution in [0.5, 0.6) is 5.75 Å². The van der Waals surface area contributed by atoms with E-state index in [0.29, 0.717) is 23.8 Å². The van der Waals surface area contributed by atoms with Gasteiger partial charge in [-0.1, -0.05) is 24.3 Å². The third-order valence-electron chi connectivity index (χ3n) is 4.29. The van der Waals surface area contributed by atoms with Crippen LogP contribution < -0.4 is 26.2 Å². The molecule has 9 nitrogen and oxygen atoms in total. The first-order valence-corrected chi connectivity index (χ1v) is 9.99. The van der Waals surface area contributed by atoms with Crippen LogP contribution in [0.1, 0.15) is 20.8 Å². The van der Waals surface area contributed by atoms with Gasteiger partial charge in [0.2, 0.25) is 0 Å². The largest absolute Gasteiger partial charge is 0.491 e. The number of aliphatic hydroxyl groups excluding tert-OH is 1. The molecule has 0 bridgehead atoms. The first-order valence-electron chi connectivity index (χ1n) is 9.99. The number of nitrogens with zero attached hydrogens (tertiary/aromatic N) is 2. The molecule has 0 aliphatic heterocycles. The van der Waals surface area contributed by atoms with Gasteiger partial charge in [0.1, 0.15) is 18.5 Å². The van der Waals surface area contributed by atoms with Crippen LogP contribution in [0.25, 0.3) is 10.8 Å². The number of β-amino-alcohol motifs (C(OH)–C–C–N with tert-alkyl or cyclic N) is 1. The molecule has 0 aliphatic rings. The maximum atomic E-state index is 12.2. The van der Waals surface area contributed by atoms with Crippen molar-refractivity contribution in [2.24, 2.45) is 0 Å². The summed E-state index contributed by atoms with van der Waals surface area (Å²) < 4.78 is 5.59. The van der Waals surface area contributed by atoms with E-state index >= 15 is 0 Å². The van der Waals surface area contributed by atoms with Gasteiger partial charge in [0, 0.05) is 28.5 Å². The highest BCUT2D eigenvalue weighted by Gasteiger charge is 2.12.